The van der Waals surface area contributed by atoms with Gasteiger partial charge in [-0.15, -0.1) is 0 Å². The Morgan fingerprint density at radius 1 is 1.21 bits per heavy atom. The molecule has 0 spiro atoms. The molecule has 0 atom stereocenters. The maximum absolute atomic E-state index is 11.8. The summed E-state index contributed by atoms with van der Waals surface area (Å²) in [6.45, 7) is 6.01. The van der Waals surface area contributed by atoms with Crippen molar-refractivity contribution in [3.05, 3.63) is 46.8 Å². The van der Waals surface area contributed by atoms with E-state index in [9.17, 15) is 4.79 Å². The molecule has 3 heteroatoms. The maximum atomic E-state index is 11.8. The van der Waals surface area contributed by atoms with Crippen LogP contribution in [0, 0.1) is 5.41 Å². The lowest BCUT2D eigenvalue weighted by Gasteiger charge is -2.22. The quantitative estimate of drug-likeness (QED) is 0.896. The first-order valence-corrected chi connectivity index (χ1v) is 6.82. The average molecular weight is 258 g/mol. The summed E-state index contributed by atoms with van der Waals surface area (Å²) in [6.07, 6.45) is 4.04. The van der Waals surface area contributed by atoms with E-state index in [2.05, 4.69) is 18.4 Å². The molecule has 0 radical (unpaired) electrons. The van der Waals surface area contributed by atoms with Gasteiger partial charge >= 0.3 is 0 Å². The van der Waals surface area contributed by atoms with Gasteiger partial charge in [0.2, 0.25) is 0 Å². The Bertz CT molecular complexity index is 613. The van der Waals surface area contributed by atoms with Crippen molar-refractivity contribution < 1.29 is 0 Å². The number of hydrogen-bond donors (Lipinski definition) is 1. The Balaban J connectivity index is 2.18. The smallest absolute Gasteiger partial charge is 0.189 e. The molecule has 3 nitrogen and oxygen atoms in total. The number of benzene rings is 1. The molecule has 0 fully saturated rings. The van der Waals surface area contributed by atoms with Gasteiger partial charge in [0.15, 0.2) is 5.43 Å². The first kappa shape index (κ1) is 13.8. The van der Waals surface area contributed by atoms with E-state index in [-0.39, 0.29) is 10.8 Å². The fourth-order valence-corrected chi connectivity index (χ4v) is 2.29. The summed E-state index contributed by atoms with van der Waals surface area (Å²) in [5.74, 6) is 0. The van der Waals surface area contributed by atoms with Gasteiger partial charge in [0.1, 0.15) is 0 Å². The van der Waals surface area contributed by atoms with Crippen molar-refractivity contribution in [3.63, 3.8) is 0 Å². The lowest BCUT2D eigenvalue weighted by atomic mass is 9.88. The van der Waals surface area contributed by atoms with E-state index >= 15 is 0 Å². The van der Waals surface area contributed by atoms with E-state index in [0.29, 0.717) is 6.54 Å². The van der Waals surface area contributed by atoms with Crippen LogP contribution in [0.25, 0.3) is 10.9 Å². The minimum Gasteiger partial charge on any atom is -0.347 e. The summed E-state index contributed by atoms with van der Waals surface area (Å²) >= 11 is 0. The third-order valence-electron chi connectivity index (χ3n) is 3.69. The Kier molecular flexibility index (Phi) is 4.05. The normalized spacial score (nSPS) is 11.9. The molecular formula is C16H22N2O. The second-order valence-corrected chi connectivity index (χ2v) is 5.86. The number of hydrogen-bond acceptors (Lipinski definition) is 2. The van der Waals surface area contributed by atoms with Crippen LogP contribution in [0.15, 0.2) is 41.3 Å². The number of nitrogens with two attached hydrogens (primary N) is 1. The van der Waals surface area contributed by atoms with Gasteiger partial charge < -0.3 is 10.3 Å². The van der Waals surface area contributed by atoms with Crippen molar-refractivity contribution in [1.82, 2.24) is 4.57 Å². The molecule has 0 saturated heterocycles. The predicted octanol–water partition coefficient (Wildman–Crippen LogP) is 2.77. The Morgan fingerprint density at radius 2 is 1.95 bits per heavy atom. The van der Waals surface area contributed by atoms with E-state index in [1.165, 1.54) is 0 Å². The molecule has 2 N–H and O–H groups in total. The van der Waals surface area contributed by atoms with Gasteiger partial charge in [-0.05, 0) is 36.9 Å². The molecule has 102 valence electrons. The molecular weight excluding hydrogens is 236 g/mol. The molecule has 0 aliphatic carbocycles. The maximum Gasteiger partial charge on any atom is 0.189 e. The van der Waals surface area contributed by atoms with Crippen LogP contribution in [-0.4, -0.2) is 11.1 Å². The third-order valence-corrected chi connectivity index (χ3v) is 3.69. The molecule has 19 heavy (non-hydrogen) atoms. The number of fused-ring (bicyclic) bond motifs is 1. The topological polar surface area (TPSA) is 48.0 Å². The highest BCUT2D eigenvalue weighted by Gasteiger charge is 2.14. The van der Waals surface area contributed by atoms with Crippen molar-refractivity contribution in [3.8, 4) is 0 Å². The van der Waals surface area contributed by atoms with Crippen LogP contribution in [0.2, 0.25) is 0 Å². The molecule has 1 heterocycles. The molecule has 0 amide bonds. The summed E-state index contributed by atoms with van der Waals surface area (Å²) in [5.41, 5.74) is 7.04. The lowest BCUT2D eigenvalue weighted by molar-refractivity contribution is 0.328. The van der Waals surface area contributed by atoms with Crippen molar-refractivity contribution in [2.45, 2.75) is 33.2 Å². The molecule has 0 saturated carbocycles. The second-order valence-electron chi connectivity index (χ2n) is 5.86. The van der Waals surface area contributed by atoms with Crippen molar-refractivity contribution in [1.29, 1.82) is 0 Å². The van der Waals surface area contributed by atoms with Crippen LogP contribution in [0.3, 0.4) is 0 Å². The summed E-state index contributed by atoms with van der Waals surface area (Å²) in [6, 6.07) is 9.42. The number of pyridine rings is 1. The summed E-state index contributed by atoms with van der Waals surface area (Å²) < 4.78 is 2.16. The summed E-state index contributed by atoms with van der Waals surface area (Å²) in [7, 11) is 0. The highest BCUT2D eigenvalue weighted by atomic mass is 16.1. The molecule has 2 aromatic rings. The van der Waals surface area contributed by atoms with Crippen LogP contribution in [-0.2, 0) is 6.54 Å². The van der Waals surface area contributed by atoms with Gasteiger partial charge in [-0.1, -0.05) is 26.0 Å². The van der Waals surface area contributed by atoms with Crippen molar-refractivity contribution >= 4 is 10.9 Å². The highest BCUT2D eigenvalue weighted by molar-refractivity contribution is 5.78. The Morgan fingerprint density at radius 3 is 2.68 bits per heavy atom. The average Bonchev–Trinajstić information content (AvgIpc) is 2.42. The number of aromatic nitrogens is 1. The molecule has 1 aromatic carbocycles. The number of aryl methyl sites for hydroxylation is 1. The molecule has 1 aromatic heterocycles. The first-order chi connectivity index (χ1) is 9.03. The molecule has 0 aliphatic heterocycles. The zero-order chi connectivity index (χ0) is 13.9. The zero-order valence-electron chi connectivity index (χ0n) is 11.7. The fraction of sp³-hybridized carbons (Fsp3) is 0.438. The minimum absolute atomic E-state index is 0.0918. The number of nitrogens with zero attached hydrogens (tertiary/aromatic N) is 1. The van der Waals surface area contributed by atoms with Crippen molar-refractivity contribution in [2.24, 2.45) is 11.1 Å². The largest absolute Gasteiger partial charge is 0.347 e. The Labute approximate surface area is 114 Å². The van der Waals surface area contributed by atoms with Gasteiger partial charge in [0.25, 0.3) is 0 Å². The second kappa shape index (κ2) is 5.57. The van der Waals surface area contributed by atoms with Crippen LogP contribution in [0.4, 0.5) is 0 Å². The monoisotopic (exact) mass is 258 g/mol. The molecule has 0 bridgehead atoms. The third kappa shape index (κ3) is 3.24. The van der Waals surface area contributed by atoms with E-state index in [0.717, 1.165) is 30.3 Å². The van der Waals surface area contributed by atoms with E-state index in [1.54, 1.807) is 6.07 Å². The van der Waals surface area contributed by atoms with Gasteiger partial charge in [-0.2, -0.15) is 0 Å². The summed E-state index contributed by atoms with van der Waals surface area (Å²) in [5, 5.41) is 0.795. The van der Waals surface area contributed by atoms with Gasteiger partial charge in [-0.3, -0.25) is 4.79 Å². The van der Waals surface area contributed by atoms with Crippen LogP contribution < -0.4 is 11.2 Å². The number of rotatable bonds is 5. The standard InChI is InChI=1S/C16H22N2O/c1-16(2,12-17)9-5-10-18-11-8-15(19)13-6-3-4-7-14(13)18/h3-4,6-8,11H,5,9-10,12,17H2,1-2H3. The van der Waals surface area contributed by atoms with Crippen LogP contribution in [0.1, 0.15) is 26.7 Å². The fourth-order valence-electron chi connectivity index (χ4n) is 2.29. The number of para-hydroxylation sites is 1. The predicted molar refractivity (Wildman–Crippen MR) is 80.3 cm³/mol. The molecule has 0 unspecified atom stereocenters. The van der Waals surface area contributed by atoms with Gasteiger partial charge in [0.05, 0.1) is 5.52 Å². The van der Waals surface area contributed by atoms with Crippen molar-refractivity contribution in [2.75, 3.05) is 6.54 Å². The van der Waals surface area contributed by atoms with E-state index in [4.69, 9.17) is 5.73 Å². The van der Waals surface area contributed by atoms with Crippen LogP contribution >= 0.6 is 0 Å². The Hall–Kier alpha value is -1.61. The summed E-state index contributed by atoms with van der Waals surface area (Å²) in [4.78, 5) is 11.8. The van der Waals surface area contributed by atoms with Gasteiger partial charge in [-0.25, -0.2) is 0 Å². The molecule has 0 aliphatic rings. The highest BCUT2D eigenvalue weighted by Crippen LogP contribution is 2.21. The zero-order valence-corrected chi connectivity index (χ0v) is 11.7. The lowest BCUT2D eigenvalue weighted by Crippen LogP contribution is -2.23. The molecule has 2 rings (SSSR count). The SMILES string of the molecule is CC(C)(CN)CCCn1ccc(=O)c2ccccc21. The minimum atomic E-state index is 0.0918. The van der Waals surface area contributed by atoms with Crippen LogP contribution in [0.5, 0.6) is 0 Å². The van der Waals surface area contributed by atoms with Gasteiger partial charge in [0, 0.05) is 24.2 Å². The van der Waals surface area contributed by atoms with E-state index in [1.807, 2.05) is 30.5 Å². The van der Waals surface area contributed by atoms with E-state index < -0.39 is 0 Å². The first-order valence-electron chi connectivity index (χ1n) is 6.82.